The van der Waals surface area contributed by atoms with Crippen LogP contribution in [-0.2, 0) is 36.2 Å². The number of halogens is 2. The molecule has 0 bridgehead atoms. The molecule has 3 aromatic rings. The molecule has 0 radical (unpaired) electrons. The van der Waals surface area contributed by atoms with E-state index in [1.54, 1.807) is 76.2 Å². The molecule has 0 aromatic heterocycles. The van der Waals surface area contributed by atoms with Gasteiger partial charge in [-0.05, 0) is 82.3 Å². The van der Waals surface area contributed by atoms with Gasteiger partial charge in [0.15, 0.2) is 0 Å². The van der Waals surface area contributed by atoms with Crippen LogP contribution in [0.1, 0.15) is 56.9 Å². The van der Waals surface area contributed by atoms with E-state index in [1.165, 1.54) is 18.2 Å². The van der Waals surface area contributed by atoms with E-state index in [2.05, 4.69) is 5.32 Å². The fourth-order valence-corrected chi connectivity index (χ4v) is 5.17. The maximum Gasteiger partial charge on any atom is 0.407 e. The van der Waals surface area contributed by atoms with Crippen molar-refractivity contribution < 1.29 is 36.4 Å². The molecule has 2 unspecified atom stereocenters. The summed E-state index contributed by atoms with van der Waals surface area (Å²) in [4.78, 5) is 26.1. The van der Waals surface area contributed by atoms with Crippen LogP contribution in [0.3, 0.4) is 0 Å². The summed E-state index contributed by atoms with van der Waals surface area (Å²) >= 11 is 3.11. The minimum absolute atomic E-state index is 0.0432. The van der Waals surface area contributed by atoms with E-state index in [1.807, 2.05) is 6.92 Å². The van der Waals surface area contributed by atoms with Gasteiger partial charge in [0.25, 0.3) is 0 Å². The second-order valence-electron chi connectivity index (χ2n) is 11.1. The molecule has 1 amide bonds. The molecule has 232 valence electrons. The van der Waals surface area contributed by atoms with E-state index in [0.29, 0.717) is 21.7 Å². The molecular weight excluding hydrogens is 597 g/mol. The summed E-state index contributed by atoms with van der Waals surface area (Å²) in [6.45, 7) is 8.75. The molecule has 0 fully saturated rings. The van der Waals surface area contributed by atoms with Gasteiger partial charge in [0.2, 0.25) is 0 Å². The lowest BCUT2D eigenvalue weighted by Gasteiger charge is -2.30. The van der Waals surface area contributed by atoms with Gasteiger partial charge in [-0.1, -0.05) is 65.7 Å². The standard InChI is InChI=1S/C32H37ClFNO7S/c1-6-40-30(36)27(29(42-43(38)39)23-11-7-20(2)8-12-23)19-25(35-31(37)41-32(3,4)5)17-21-9-13-22(14-10-21)26-18-24(33)15-16-28(26)34/h7-16,18,25,27,29H,6,17,19H2,1-5H3,(H,35,37)(H,38,39)/p-1/t25-,27+,29?/m1/s1. The molecule has 1 N–H and O–H groups in total. The molecule has 3 aromatic carbocycles. The molecule has 3 rings (SSSR count). The normalized spacial score (nSPS) is 14.3. The Hall–Kier alpha value is -3.31. The predicted octanol–water partition coefficient (Wildman–Crippen LogP) is 7.01. The topological polar surface area (TPSA) is 114 Å². The van der Waals surface area contributed by atoms with Crippen molar-refractivity contribution in [3.8, 4) is 11.1 Å². The second kappa shape index (κ2) is 15.4. The van der Waals surface area contributed by atoms with Crippen molar-refractivity contribution >= 4 is 35.0 Å². The molecule has 43 heavy (non-hydrogen) atoms. The van der Waals surface area contributed by atoms with Gasteiger partial charge in [-0.3, -0.25) is 8.98 Å². The van der Waals surface area contributed by atoms with E-state index in [9.17, 15) is 22.7 Å². The van der Waals surface area contributed by atoms with Gasteiger partial charge in [-0.15, -0.1) is 0 Å². The molecule has 0 heterocycles. The summed E-state index contributed by atoms with van der Waals surface area (Å²) in [5, 5.41) is 3.22. The van der Waals surface area contributed by atoms with Crippen LogP contribution >= 0.6 is 11.6 Å². The van der Waals surface area contributed by atoms with Gasteiger partial charge in [0, 0.05) is 16.6 Å². The van der Waals surface area contributed by atoms with Gasteiger partial charge >= 0.3 is 12.1 Å². The Kier molecular flexibility index (Phi) is 12.3. The van der Waals surface area contributed by atoms with Gasteiger partial charge in [-0.2, -0.15) is 0 Å². The maximum absolute atomic E-state index is 14.4. The quantitative estimate of drug-likeness (QED) is 0.169. The smallest absolute Gasteiger partial charge is 0.407 e. The van der Waals surface area contributed by atoms with Crippen LogP contribution in [0, 0.1) is 18.7 Å². The largest absolute Gasteiger partial charge is 0.750 e. The highest BCUT2D eigenvalue weighted by Gasteiger charge is 2.36. The van der Waals surface area contributed by atoms with Crippen LogP contribution in [0.5, 0.6) is 0 Å². The minimum Gasteiger partial charge on any atom is -0.750 e. The summed E-state index contributed by atoms with van der Waals surface area (Å²) in [7, 11) is 0. The zero-order valence-corrected chi connectivity index (χ0v) is 26.3. The lowest BCUT2D eigenvalue weighted by Crippen LogP contribution is -2.43. The number of amides is 1. The third-order valence-electron chi connectivity index (χ3n) is 6.48. The molecule has 0 aliphatic rings. The highest BCUT2D eigenvalue weighted by Crippen LogP contribution is 2.33. The zero-order valence-electron chi connectivity index (χ0n) is 24.7. The number of carbonyl (C=O) groups excluding carboxylic acids is 2. The van der Waals surface area contributed by atoms with Crippen molar-refractivity contribution in [1.29, 1.82) is 0 Å². The Balaban J connectivity index is 1.97. The van der Waals surface area contributed by atoms with Gasteiger partial charge < -0.3 is 19.3 Å². The third kappa shape index (κ3) is 10.7. The first kappa shape index (κ1) is 34.2. The summed E-state index contributed by atoms with van der Waals surface area (Å²) in [6, 6.07) is 17.5. The van der Waals surface area contributed by atoms with Crippen LogP contribution in [0.4, 0.5) is 9.18 Å². The number of esters is 1. The number of ether oxygens (including phenoxy) is 2. The van der Waals surface area contributed by atoms with Crippen molar-refractivity contribution in [1.82, 2.24) is 5.32 Å². The van der Waals surface area contributed by atoms with Crippen LogP contribution in [0.25, 0.3) is 11.1 Å². The van der Waals surface area contributed by atoms with E-state index in [4.69, 9.17) is 25.3 Å². The zero-order chi connectivity index (χ0) is 31.7. The second-order valence-corrected chi connectivity index (χ2v) is 12.1. The summed E-state index contributed by atoms with van der Waals surface area (Å²) in [6.07, 6.45) is -1.74. The van der Waals surface area contributed by atoms with Crippen LogP contribution in [0.2, 0.25) is 5.02 Å². The fraction of sp³-hybridized carbons (Fsp3) is 0.375. The molecule has 11 heteroatoms. The first-order valence-electron chi connectivity index (χ1n) is 13.8. The van der Waals surface area contributed by atoms with Gasteiger partial charge in [-0.25, -0.2) is 13.4 Å². The molecular formula is C32H36ClFNO7S-. The maximum atomic E-state index is 14.4. The van der Waals surface area contributed by atoms with Crippen LogP contribution in [-0.4, -0.2) is 39.1 Å². The Bertz CT molecular complexity index is 1410. The number of nitrogens with one attached hydrogen (secondary N) is 1. The molecule has 4 atom stereocenters. The summed E-state index contributed by atoms with van der Waals surface area (Å²) in [5.74, 6) is -2.21. The van der Waals surface area contributed by atoms with Gasteiger partial charge in [0.1, 0.15) is 17.5 Å². The first-order chi connectivity index (χ1) is 20.3. The minimum atomic E-state index is -2.95. The SMILES string of the molecule is CCOC(=O)[C@@H](C[C@@H](Cc1ccc(-c2cc(Cl)ccc2F)cc1)NC(=O)OC(C)(C)C)C(OS(=O)[O-])c1ccc(C)cc1. The number of alkyl carbamates (subject to hydrolysis) is 1. The van der Waals surface area contributed by atoms with Crippen molar-refractivity contribution in [2.75, 3.05) is 6.61 Å². The van der Waals surface area contributed by atoms with Crippen molar-refractivity contribution in [3.05, 3.63) is 94.3 Å². The Morgan fingerprint density at radius 1 is 1.05 bits per heavy atom. The third-order valence-corrected chi connectivity index (χ3v) is 7.08. The fourth-order valence-electron chi connectivity index (χ4n) is 4.59. The van der Waals surface area contributed by atoms with Crippen molar-refractivity contribution in [2.24, 2.45) is 5.92 Å². The Morgan fingerprint density at radius 3 is 2.28 bits per heavy atom. The summed E-state index contributed by atoms with van der Waals surface area (Å²) < 4.78 is 54.0. The Morgan fingerprint density at radius 2 is 1.70 bits per heavy atom. The first-order valence-corrected chi connectivity index (χ1v) is 15.2. The number of benzene rings is 3. The van der Waals surface area contributed by atoms with E-state index in [0.717, 1.165) is 11.1 Å². The number of rotatable bonds is 12. The molecule has 0 saturated heterocycles. The van der Waals surface area contributed by atoms with Crippen LogP contribution < -0.4 is 5.32 Å². The lowest BCUT2D eigenvalue weighted by molar-refractivity contribution is -0.152. The number of aryl methyl sites for hydroxylation is 1. The number of hydrogen-bond acceptors (Lipinski definition) is 7. The number of carbonyl (C=O) groups is 2. The average molecular weight is 633 g/mol. The van der Waals surface area contributed by atoms with Crippen molar-refractivity contribution in [3.63, 3.8) is 0 Å². The molecule has 0 aliphatic heterocycles. The Labute approximate surface area is 259 Å². The van der Waals surface area contributed by atoms with E-state index < -0.39 is 52.9 Å². The monoisotopic (exact) mass is 632 g/mol. The summed E-state index contributed by atoms with van der Waals surface area (Å²) in [5.41, 5.74) is 2.31. The molecule has 0 saturated carbocycles. The molecule has 0 aliphatic carbocycles. The van der Waals surface area contributed by atoms with E-state index in [-0.39, 0.29) is 19.4 Å². The predicted molar refractivity (Wildman–Crippen MR) is 162 cm³/mol. The highest BCUT2D eigenvalue weighted by atomic mass is 35.5. The van der Waals surface area contributed by atoms with Crippen molar-refractivity contribution in [2.45, 2.75) is 65.2 Å². The van der Waals surface area contributed by atoms with Crippen LogP contribution in [0.15, 0.2) is 66.7 Å². The lowest BCUT2D eigenvalue weighted by atomic mass is 9.87. The highest BCUT2D eigenvalue weighted by molar-refractivity contribution is 7.74. The van der Waals surface area contributed by atoms with Gasteiger partial charge in [0.05, 0.1) is 23.9 Å². The average Bonchev–Trinajstić information content (AvgIpc) is 2.92. The molecule has 8 nitrogen and oxygen atoms in total. The molecule has 0 spiro atoms. The number of hydrogen-bond donors (Lipinski definition) is 1. The van der Waals surface area contributed by atoms with E-state index >= 15 is 0 Å².